The molecule has 2 unspecified atom stereocenters. The molecule has 0 radical (unpaired) electrons. The second-order valence-electron chi connectivity index (χ2n) is 4.98. The number of carbonyl (C=O) groups excluding carboxylic acids is 2. The van der Waals surface area contributed by atoms with E-state index in [1.165, 1.54) is 18.2 Å². The first-order chi connectivity index (χ1) is 10.7. The van der Waals surface area contributed by atoms with E-state index in [-0.39, 0.29) is 17.9 Å². The van der Waals surface area contributed by atoms with E-state index in [9.17, 15) is 23.1 Å². The number of hydroxylamine groups is 2. The molecule has 0 aliphatic carbocycles. The summed E-state index contributed by atoms with van der Waals surface area (Å²) in [4.78, 5) is 25.4. The predicted molar refractivity (Wildman–Crippen MR) is 72.2 cm³/mol. The van der Waals surface area contributed by atoms with Crippen LogP contribution in [0.3, 0.4) is 0 Å². The zero-order valence-corrected chi connectivity index (χ0v) is 12.6. The predicted octanol–water partition coefficient (Wildman–Crippen LogP) is 0.133. The summed E-state index contributed by atoms with van der Waals surface area (Å²) >= 11 is 0. The second-order valence-corrected chi connectivity index (χ2v) is 5.99. The summed E-state index contributed by atoms with van der Waals surface area (Å²) in [6, 6.07) is 1.23. The lowest BCUT2D eigenvalue weighted by molar-refractivity contribution is -0.146. The van der Waals surface area contributed by atoms with E-state index in [1.54, 1.807) is 0 Å². The minimum atomic E-state index is -4.96. The smallest absolute Gasteiger partial charge is 0.418 e. The highest BCUT2D eigenvalue weighted by atomic mass is 32.3. The van der Waals surface area contributed by atoms with E-state index >= 15 is 0 Å². The van der Waals surface area contributed by atoms with Gasteiger partial charge in [0.05, 0.1) is 13.7 Å². The van der Waals surface area contributed by atoms with E-state index in [2.05, 4.69) is 9.02 Å². The number of phenols is 1. The number of carbonyl (C=O) groups is 2. The third-order valence-electron chi connectivity index (χ3n) is 3.74. The molecule has 2 atom stereocenters. The van der Waals surface area contributed by atoms with Gasteiger partial charge in [0, 0.05) is 5.56 Å². The summed E-state index contributed by atoms with van der Waals surface area (Å²) < 4.78 is 39.7. The maximum absolute atomic E-state index is 12.3. The number of hydrogen-bond donors (Lipinski definition) is 2. The first-order valence-corrected chi connectivity index (χ1v) is 7.77. The number of esters is 1. The fourth-order valence-corrected chi connectivity index (χ4v) is 3.28. The quantitative estimate of drug-likeness (QED) is 0.584. The van der Waals surface area contributed by atoms with Crippen LogP contribution in [0.4, 0.5) is 4.79 Å². The van der Waals surface area contributed by atoms with Crippen LogP contribution in [0.15, 0.2) is 18.2 Å². The highest BCUT2D eigenvalue weighted by molar-refractivity contribution is 7.80. The molecule has 1 saturated heterocycles. The fourth-order valence-electron chi connectivity index (χ4n) is 2.91. The number of methoxy groups -OCH3 is 1. The van der Waals surface area contributed by atoms with Crippen molar-refractivity contribution in [2.75, 3.05) is 13.7 Å². The van der Waals surface area contributed by atoms with Crippen LogP contribution in [-0.2, 0) is 24.2 Å². The maximum atomic E-state index is 12.3. The van der Waals surface area contributed by atoms with Gasteiger partial charge in [-0.3, -0.25) is 4.55 Å². The summed E-state index contributed by atoms with van der Waals surface area (Å²) in [7, 11) is -3.81. The number of phenolic OH excluding ortho intramolecular Hbond substituents is 1. The molecule has 11 heteroatoms. The van der Waals surface area contributed by atoms with Gasteiger partial charge in [-0.25, -0.2) is 9.59 Å². The van der Waals surface area contributed by atoms with Crippen LogP contribution in [-0.4, -0.2) is 53.7 Å². The number of amides is 2. The minimum Gasteiger partial charge on any atom is -0.508 e. The molecule has 2 bridgehead atoms. The molecule has 2 aliphatic heterocycles. The Bertz CT molecular complexity index is 792. The van der Waals surface area contributed by atoms with Crippen LogP contribution in [0, 0.1) is 0 Å². The number of nitrogens with zero attached hydrogens (tertiary/aromatic N) is 2. The van der Waals surface area contributed by atoms with Crippen LogP contribution in [0.5, 0.6) is 5.75 Å². The van der Waals surface area contributed by atoms with Gasteiger partial charge >= 0.3 is 22.4 Å². The van der Waals surface area contributed by atoms with Crippen molar-refractivity contribution in [2.45, 2.75) is 12.1 Å². The van der Waals surface area contributed by atoms with E-state index in [4.69, 9.17) is 4.55 Å². The van der Waals surface area contributed by atoms with Crippen LogP contribution in [0.25, 0.3) is 0 Å². The van der Waals surface area contributed by atoms with Crippen molar-refractivity contribution in [1.82, 2.24) is 9.96 Å². The number of ether oxygens (including phenoxy) is 1. The van der Waals surface area contributed by atoms with Crippen LogP contribution in [0.1, 0.15) is 23.2 Å². The summed E-state index contributed by atoms with van der Waals surface area (Å²) in [5.74, 6) is -0.989. The molecule has 1 aromatic carbocycles. The van der Waals surface area contributed by atoms with Crippen molar-refractivity contribution < 1.29 is 36.7 Å². The average molecular weight is 344 g/mol. The van der Waals surface area contributed by atoms with Crippen molar-refractivity contribution in [3.63, 3.8) is 0 Å². The molecule has 124 valence electrons. The summed E-state index contributed by atoms with van der Waals surface area (Å²) in [5.41, 5.74) is 0.455. The molecule has 10 nitrogen and oxygen atoms in total. The highest BCUT2D eigenvalue weighted by Crippen LogP contribution is 2.47. The minimum absolute atomic E-state index is 0.112. The van der Waals surface area contributed by atoms with Crippen molar-refractivity contribution in [2.24, 2.45) is 0 Å². The van der Waals surface area contributed by atoms with Gasteiger partial charge in [0.15, 0.2) is 6.04 Å². The Morgan fingerprint density at radius 3 is 2.70 bits per heavy atom. The van der Waals surface area contributed by atoms with Crippen molar-refractivity contribution in [3.8, 4) is 5.75 Å². The van der Waals surface area contributed by atoms with E-state index in [0.29, 0.717) is 10.6 Å². The maximum Gasteiger partial charge on any atom is 0.418 e. The lowest BCUT2D eigenvalue weighted by atomic mass is 9.90. The normalized spacial score (nSPS) is 23.0. The molecule has 2 heterocycles. The van der Waals surface area contributed by atoms with E-state index in [0.717, 1.165) is 12.0 Å². The number of fused-ring (bicyclic) bond motifs is 4. The van der Waals surface area contributed by atoms with E-state index < -0.39 is 34.5 Å². The molecule has 1 fully saturated rings. The molecular formula is C12H12N2O8S. The Morgan fingerprint density at radius 2 is 2.09 bits per heavy atom. The van der Waals surface area contributed by atoms with Crippen molar-refractivity contribution >= 4 is 22.4 Å². The fraction of sp³-hybridized carbons (Fsp3) is 0.333. The zero-order chi connectivity index (χ0) is 16.9. The standard InChI is InChI=1S/C12H12N2O8S/c1-21-11(16)10-6-3-2-4-8(15)9(6)7-5-13(10)12(17)14(7)22-23(18,19)20/h2-4,7,10,15H,5H2,1H3,(H,18,19,20). The molecule has 0 spiro atoms. The van der Waals surface area contributed by atoms with Gasteiger partial charge in [0.25, 0.3) is 0 Å². The first-order valence-electron chi connectivity index (χ1n) is 6.41. The first kappa shape index (κ1) is 15.5. The summed E-state index contributed by atoms with van der Waals surface area (Å²) in [6.45, 7) is -0.112. The molecule has 2 amide bonds. The number of hydrogen-bond acceptors (Lipinski definition) is 7. The summed E-state index contributed by atoms with van der Waals surface area (Å²) in [5, 5.41) is 10.5. The van der Waals surface area contributed by atoms with Gasteiger partial charge in [0.1, 0.15) is 11.8 Å². The summed E-state index contributed by atoms with van der Waals surface area (Å²) in [6.07, 6.45) is 0. The van der Waals surface area contributed by atoms with Gasteiger partial charge in [-0.05, 0) is 11.6 Å². The van der Waals surface area contributed by atoms with Gasteiger partial charge in [-0.15, -0.1) is 4.28 Å². The van der Waals surface area contributed by atoms with Gasteiger partial charge in [-0.1, -0.05) is 12.1 Å². The Morgan fingerprint density at radius 1 is 1.39 bits per heavy atom. The Hall–Kier alpha value is -2.37. The Balaban J connectivity index is 2.16. The van der Waals surface area contributed by atoms with Crippen molar-refractivity contribution in [3.05, 3.63) is 29.3 Å². The molecule has 2 N–H and O–H groups in total. The Kier molecular flexibility index (Phi) is 3.43. The SMILES string of the molecule is COC(=O)C1c2cccc(O)c2C2CN1C(=O)N2OS(=O)(=O)O. The van der Waals surface area contributed by atoms with Gasteiger partial charge in [-0.2, -0.15) is 13.5 Å². The van der Waals surface area contributed by atoms with Crippen molar-refractivity contribution in [1.29, 1.82) is 0 Å². The molecule has 0 aromatic heterocycles. The number of urea groups is 1. The lowest BCUT2D eigenvalue weighted by Crippen LogP contribution is -2.39. The highest BCUT2D eigenvalue weighted by Gasteiger charge is 2.53. The van der Waals surface area contributed by atoms with Crippen LogP contribution >= 0.6 is 0 Å². The number of benzene rings is 1. The van der Waals surface area contributed by atoms with Crippen LogP contribution in [0.2, 0.25) is 0 Å². The van der Waals surface area contributed by atoms with Gasteiger partial charge < -0.3 is 14.7 Å². The molecule has 0 saturated carbocycles. The third kappa shape index (κ3) is 2.38. The molecule has 3 rings (SSSR count). The monoisotopic (exact) mass is 344 g/mol. The molecule has 23 heavy (non-hydrogen) atoms. The van der Waals surface area contributed by atoms with E-state index in [1.807, 2.05) is 0 Å². The largest absolute Gasteiger partial charge is 0.508 e. The second kappa shape index (κ2) is 5.08. The van der Waals surface area contributed by atoms with Gasteiger partial charge in [0.2, 0.25) is 0 Å². The molecule has 2 aliphatic rings. The topological polar surface area (TPSA) is 134 Å². The van der Waals surface area contributed by atoms with Crippen LogP contribution < -0.4 is 0 Å². The average Bonchev–Trinajstić information content (AvgIpc) is 2.72. The third-order valence-corrected chi connectivity index (χ3v) is 4.09. The molecule has 1 aromatic rings. The number of rotatable bonds is 3. The lowest BCUT2D eigenvalue weighted by Gasteiger charge is -2.31. The number of aromatic hydroxyl groups is 1. The zero-order valence-electron chi connectivity index (χ0n) is 11.7. The Labute approximate surface area is 130 Å². The molecular weight excluding hydrogens is 332 g/mol.